The van der Waals surface area contributed by atoms with E-state index in [1.807, 2.05) is 24.3 Å². The van der Waals surface area contributed by atoms with Crippen LogP contribution in [-0.4, -0.2) is 19.3 Å². The van der Waals surface area contributed by atoms with Gasteiger partial charge in [-0.15, -0.1) is 0 Å². The highest BCUT2D eigenvalue weighted by molar-refractivity contribution is 6.30. The minimum atomic E-state index is 0.353. The van der Waals surface area contributed by atoms with E-state index in [4.69, 9.17) is 16.3 Å². The topological polar surface area (TPSA) is 21.3 Å². The maximum absolute atomic E-state index is 5.88. The van der Waals surface area contributed by atoms with E-state index < -0.39 is 0 Å². The summed E-state index contributed by atoms with van der Waals surface area (Å²) < 4.78 is 5.64. The molecular weight excluding hydrogens is 222 g/mol. The number of benzene rings is 1. The summed E-state index contributed by atoms with van der Waals surface area (Å²) in [6, 6.07) is 7.72. The lowest BCUT2D eigenvalue weighted by Gasteiger charge is -2.12. The molecule has 1 rings (SSSR count). The molecule has 1 atom stereocenters. The molecule has 0 aromatic heterocycles. The second kappa shape index (κ2) is 7.53. The average molecular weight is 242 g/mol. The fraction of sp³-hybridized carbons (Fsp3) is 0.538. The van der Waals surface area contributed by atoms with Crippen molar-refractivity contribution in [3.05, 3.63) is 29.3 Å². The third kappa shape index (κ3) is 5.38. The standard InChI is InChI=1S/C13H20ClNO/c1-3-5-11(2)16-9-8-15-13-7-4-6-12(14)10-13/h4,6-7,10-11,15H,3,5,8-9H2,1-2H3. The van der Waals surface area contributed by atoms with Crippen LogP contribution in [0.2, 0.25) is 5.02 Å². The van der Waals surface area contributed by atoms with E-state index in [9.17, 15) is 0 Å². The summed E-state index contributed by atoms with van der Waals surface area (Å²) in [5, 5.41) is 4.03. The molecule has 0 amide bonds. The van der Waals surface area contributed by atoms with Gasteiger partial charge in [0.2, 0.25) is 0 Å². The van der Waals surface area contributed by atoms with Gasteiger partial charge in [0.25, 0.3) is 0 Å². The van der Waals surface area contributed by atoms with Gasteiger partial charge in [0.1, 0.15) is 0 Å². The quantitative estimate of drug-likeness (QED) is 0.730. The van der Waals surface area contributed by atoms with Crippen molar-refractivity contribution >= 4 is 17.3 Å². The van der Waals surface area contributed by atoms with Crippen LogP contribution in [-0.2, 0) is 4.74 Å². The molecule has 0 saturated carbocycles. The molecule has 2 nitrogen and oxygen atoms in total. The molecule has 0 aliphatic carbocycles. The molecule has 0 radical (unpaired) electrons. The van der Waals surface area contributed by atoms with Gasteiger partial charge in [-0.05, 0) is 31.5 Å². The normalized spacial score (nSPS) is 12.4. The van der Waals surface area contributed by atoms with Crippen LogP contribution >= 0.6 is 11.6 Å². The summed E-state index contributed by atoms with van der Waals surface area (Å²) in [5.41, 5.74) is 1.04. The van der Waals surface area contributed by atoms with Crippen LogP contribution in [0.1, 0.15) is 26.7 Å². The number of nitrogens with one attached hydrogen (secondary N) is 1. The lowest BCUT2D eigenvalue weighted by Crippen LogP contribution is -2.15. The first kappa shape index (κ1) is 13.3. The first-order chi connectivity index (χ1) is 7.72. The third-order valence-electron chi connectivity index (χ3n) is 2.35. The molecule has 0 bridgehead atoms. The molecular formula is C13H20ClNO. The molecule has 3 heteroatoms. The maximum atomic E-state index is 5.88. The van der Waals surface area contributed by atoms with Crippen LogP contribution in [0.4, 0.5) is 5.69 Å². The highest BCUT2D eigenvalue weighted by atomic mass is 35.5. The Kier molecular flexibility index (Phi) is 6.27. The molecule has 0 saturated heterocycles. The van der Waals surface area contributed by atoms with Gasteiger partial charge in [0.05, 0.1) is 12.7 Å². The molecule has 0 aliphatic rings. The smallest absolute Gasteiger partial charge is 0.0642 e. The Balaban J connectivity index is 2.16. The van der Waals surface area contributed by atoms with E-state index in [1.54, 1.807) is 0 Å². The predicted molar refractivity (Wildman–Crippen MR) is 70.3 cm³/mol. The molecule has 1 N–H and O–H groups in total. The SMILES string of the molecule is CCCC(C)OCCNc1cccc(Cl)c1. The Morgan fingerprint density at radius 2 is 2.25 bits per heavy atom. The number of anilines is 1. The molecule has 90 valence electrons. The Labute approximate surface area is 103 Å². The van der Waals surface area contributed by atoms with Gasteiger partial charge < -0.3 is 10.1 Å². The Morgan fingerprint density at radius 3 is 2.94 bits per heavy atom. The molecule has 1 aromatic carbocycles. The molecule has 1 unspecified atom stereocenters. The van der Waals surface area contributed by atoms with Crippen LogP contribution in [0, 0.1) is 0 Å². The number of hydrogen-bond donors (Lipinski definition) is 1. The minimum absolute atomic E-state index is 0.353. The lowest BCUT2D eigenvalue weighted by molar-refractivity contribution is 0.0673. The fourth-order valence-electron chi connectivity index (χ4n) is 1.54. The summed E-state index contributed by atoms with van der Waals surface area (Å²) in [7, 11) is 0. The Hall–Kier alpha value is -0.730. The van der Waals surface area contributed by atoms with E-state index in [0.717, 1.165) is 30.3 Å². The molecule has 0 fully saturated rings. The maximum Gasteiger partial charge on any atom is 0.0642 e. The zero-order valence-corrected chi connectivity index (χ0v) is 10.8. The average Bonchev–Trinajstić information content (AvgIpc) is 2.25. The monoisotopic (exact) mass is 241 g/mol. The molecule has 1 aromatic rings. The minimum Gasteiger partial charge on any atom is -0.383 e. The van der Waals surface area contributed by atoms with Gasteiger partial charge in [-0.25, -0.2) is 0 Å². The second-order valence-corrected chi connectivity index (χ2v) is 4.34. The van der Waals surface area contributed by atoms with Crippen molar-refractivity contribution in [2.45, 2.75) is 32.8 Å². The Morgan fingerprint density at radius 1 is 1.44 bits per heavy atom. The van der Waals surface area contributed by atoms with Gasteiger partial charge in [-0.1, -0.05) is 31.0 Å². The van der Waals surface area contributed by atoms with Gasteiger partial charge in [-0.3, -0.25) is 0 Å². The van der Waals surface area contributed by atoms with E-state index in [0.29, 0.717) is 6.10 Å². The largest absolute Gasteiger partial charge is 0.383 e. The van der Waals surface area contributed by atoms with Gasteiger partial charge in [0.15, 0.2) is 0 Å². The van der Waals surface area contributed by atoms with Crippen LogP contribution in [0.25, 0.3) is 0 Å². The fourth-order valence-corrected chi connectivity index (χ4v) is 1.73. The van der Waals surface area contributed by atoms with E-state index in [2.05, 4.69) is 19.2 Å². The van der Waals surface area contributed by atoms with Crippen LogP contribution < -0.4 is 5.32 Å². The number of ether oxygens (including phenoxy) is 1. The summed E-state index contributed by atoms with van der Waals surface area (Å²) >= 11 is 5.88. The van der Waals surface area contributed by atoms with Crippen LogP contribution in [0.3, 0.4) is 0 Å². The van der Waals surface area contributed by atoms with E-state index in [1.165, 1.54) is 6.42 Å². The van der Waals surface area contributed by atoms with Gasteiger partial charge >= 0.3 is 0 Å². The third-order valence-corrected chi connectivity index (χ3v) is 2.59. The molecule has 0 heterocycles. The van der Waals surface area contributed by atoms with Crippen molar-refractivity contribution in [1.82, 2.24) is 0 Å². The van der Waals surface area contributed by atoms with Crippen LogP contribution in [0.15, 0.2) is 24.3 Å². The summed E-state index contributed by atoms with van der Waals surface area (Å²) in [5.74, 6) is 0. The molecule has 0 aliphatic heterocycles. The van der Waals surface area contributed by atoms with Crippen molar-refractivity contribution in [1.29, 1.82) is 0 Å². The van der Waals surface area contributed by atoms with Crippen molar-refractivity contribution in [2.75, 3.05) is 18.5 Å². The molecule has 0 spiro atoms. The zero-order chi connectivity index (χ0) is 11.8. The number of rotatable bonds is 7. The summed E-state index contributed by atoms with van der Waals surface area (Å²) in [4.78, 5) is 0. The number of hydrogen-bond acceptors (Lipinski definition) is 2. The van der Waals surface area contributed by atoms with Crippen LogP contribution in [0.5, 0.6) is 0 Å². The van der Waals surface area contributed by atoms with Crippen molar-refractivity contribution < 1.29 is 4.74 Å². The highest BCUT2D eigenvalue weighted by Gasteiger charge is 1.99. The summed E-state index contributed by atoms with van der Waals surface area (Å²) in [6.07, 6.45) is 2.64. The molecule has 16 heavy (non-hydrogen) atoms. The van der Waals surface area contributed by atoms with E-state index >= 15 is 0 Å². The van der Waals surface area contributed by atoms with Gasteiger partial charge in [0, 0.05) is 17.3 Å². The first-order valence-electron chi connectivity index (χ1n) is 5.83. The van der Waals surface area contributed by atoms with Crippen molar-refractivity contribution in [3.63, 3.8) is 0 Å². The summed E-state index contributed by atoms with van der Waals surface area (Å²) in [6.45, 7) is 5.83. The Bertz CT molecular complexity index is 304. The highest BCUT2D eigenvalue weighted by Crippen LogP contribution is 2.14. The number of halogens is 1. The second-order valence-electron chi connectivity index (χ2n) is 3.91. The first-order valence-corrected chi connectivity index (χ1v) is 6.21. The van der Waals surface area contributed by atoms with Crippen molar-refractivity contribution in [2.24, 2.45) is 0 Å². The van der Waals surface area contributed by atoms with Gasteiger partial charge in [-0.2, -0.15) is 0 Å². The lowest BCUT2D eigenvalue weighted by atomic mass is 10.2. The van der Waals surface area contributed by atoms with Crippen molar-refractivity contribution in [3.8, 4) is 0 Å². The zero-order valence-electron chi connectivity index (χ0n) is 10.0. The predicted octanol–water partition coefficient (Wildman–Crippen LogP) is 3.96. The van der Waals surface area contributed by atoms with E-state index in [-0.39, 0.29) is 0 Å².